The zero-order chi connectivity index (χ0) is 10.6. The van der Waals surface area contributed by atoms with E-state index in [1.54, 1.807) is 23.0 Å². The predicted octanol–water partition coefficient (Wildman–Crippen LogP) is 2.54. The molecule has 0 aliphatic carbocycles. The van der Waals surface area contributed by atoms with E-state index in [-0.39, 0.29) is 0 Å². The molecule has 0 aromatic carbocycles. The van der Waals surface area contributed by atoms with E-state index in [1.165, 1.54) is 0 Å². The first-order valence-corrected chi connectivity index (χ1v) is 4.57. The van der Waals surface area contributed by atoms with Gasteiger partial charge < -0.3 is 0 Å². The molecule has 0 bridgehead atoms. The Morgan fingerprint density at radius 2 is 2.21 bits per heavy atom. The molecular formula is C10H12ClN3. The Balaban J connectivity index is 2.98. The second-order valence-corrected chi connectivity index (χ2v) is 3.18. The van der Waals surface area contributed by atoms with Crippen LogP contribution in [0.25, 0.3) is 6.08 Å². The summed E-state index contributed by atoms with van der Waals surface area (Å²) in [6.45, 7) is 9.65. The molecule has 1 rings (SSSR count). The molecule has 0 amide bonds. The quantitative estimate of drug-likeness (QED) is 0.564. The first-order chi connectivity index (χ1) is 6.67. The molecule has 14 heavy (non-hydrogen) atoms. The largest absolute Gasteiger partial charge is 0.180 e. The van der Waals surface area contributed by atoms with Crippen LogP contribution in [0.3, 0.4) is 0 Å². The summed E-state index contributed by atoms with van der Waals surface area (Å²) >= 11 is 5.80. The summed E-state index contributed by atoms with van der Waals surface area (Å²) < 4.78 is 0. The Kier molecular flexibility index (Phi) is 3.65. The van der Waals surface area contributed by atoms with Crippen molar-refractivity contribution in [3.05, 3.63) is 41.7 Å². The second-order valence-electron chi connectivity index (χ2n) is 2.75. The van der Waals surface area contributed by atoms with Crippen molar-refractivity contribution in [1.82, 2.24) is 15.0 Å². The molecule has 4 heteroatoms. The van der Waals surface area contributed by atoms with Crippen molar-refractivity contribution >= 4 is 17.7 Å². The van der Waals surface area contributed by atoms with Crippen molar-refractivity contribution in [2.45, 2.75) is 13.5 Å². The molecule has 1 heterocycles. The molecule has 0 atom stereocenters. The van der Waals surface area contributed by atoms with E-state index in [2.05, 4.69) is 23.4 Å². The number of aryl methyl sites for hydroxylation is 1. The van der Waals surface area contributed by atoms with Gasteiger partial charge in [-0.3, -0.25) is 0 Å². The van der Waals surface area contributed by atoms with Crippen LogP contribution in [0.5, 0.6) is 0 Å². The Bertz CT molecular complexity index is 377. The van der Waals surface area contributed by atoms with Gasteiger partial charge in [0, 0.05) is 5.03 Å². The fourth-order valence-corrected chi connectivity index (χ4v) is 1.07. The average molecular weight is 210 g/mol. The lowest BCUT2D eigenvalue weighted by Gasteiger charge is -1.89. The Hall–Kier alpha value is -1.35. The number of allylic oxidation sites excluding steroid dienone is 3. The molecule has 0 fully saturated rings. The van der Waals surface area contributed by atoms with Gasteiger partial charge in [-0.2, -0.15) is 15.0 Å². The minimum Gasteiger partial charge on any atom is -0.180 e. The van der Waals surface area contributed by atoms with E-state index < -0.39 is 0 Å². The molecule has 0 radical (unpaired) electrons. The van der Waals surface area contributed by atoms with Gasteiger partial charge >= 0.3 is 0 Å². The molecule has 0 saturated carbocycles. The van der Waals surface area contributed by atoms with Crippen molar-refractivity contribution in [3.63, 3.8) is 0 Å². The van der Waals surface area contributed by atoms with Crippen LogP contribution in [0.15, 0.2) is 30.3 Å². The highest BCUT2D eigenvalue weighted by Gasteiger charge is 2.03. The summed E-state index contributed by atoms with van der Waals surface area (Å²) in [5.41, 5.74) is 1.60. The molecule has 74 valence electrons. The Morgan fingerprint density at radius 1 is 1.50 bits per heavy atom. The SMILES string of the molecule is C=CCn1nc(C)c(/C=C(/Cl)C=C)n1. The van der Waals surface area contributed by atoms with Gasteiger partial charge in [0.2, 0.25) is 0 Å². The average Bonchev–Trinajstić information content (AvgIpc) is 2.47. The summed E-state index contributed by atoms with van der Waals surface area (Å²) in [7, 11) is 0. The number of hydrogen-bond donors (Lipinski definition) is 0. The van der Waals surface area contributed by atoms with Gasteiger partial charge in [0.1, 0.15) is 5.69 Å². The van der Waals surface area contributed by atoms with E-state index in [1.807, 2.05) is 6.92 Å². The number of hydrogen-bond acceptors (Lipinski definition) is 2. The smallest absolute Gasteiger partial charge is 0.110 e. The summed E-state index contributed by atoms with van der Waals surface area (Å²) in [6, 6.07) is 0. The fraction of sp³-hybridized carbons (Fsp3) is 0.200. The van der Waals surface area contributed by atoms with Crippen LogP contribution in [0.4, 0.5) is 0 Å². The van der Waals surface area contributed by atoms with Crippen LogP contribution in [0, 0.1) is 6.92 Å². The molecular weight excluding hydrogens is 198 g/mol. The summed E-state index contributed by atoms with van der Waals surface area (Å²) in [5, 5.41) is 8.95. The van der Waals surface area contributed by atoms with Gasteiger partial charge in [0.25, 0.3) is 0 Å². The van der Waals surface area contributed by atoms with Crippen LogP contribution in [0.1, 0.15) is 11.4 Å². The third kappa shape index (κ3) is 2.57. The van der Waals surface area contributed by atoms with Crippen molar-refractivity contribution < 1.29 is 0 Å². The lowest BCUT2D eigenvalue weighted by atomic mass is 10.3. The van der Waals surface area contributed by atoms with Gasteiger partial charge in [-0.1, -0.05) is 30.3 Å². The molecule has 0 unspecified atom stereocenters. The normalized spacial score (nSPS) is 11.4. The third-order valence-corrected chi connectivity index (χ3v) is 1.88. The fourth-order valence-electron chi connectivity index (χ4n) is 0.963. The minimum absolute atomic E-state index is 0.554. The summed E-state index contributed by atoms with van der Waals surface area (Å²) in [5.74, 6) is 0. The van der Waals surface area contributed by atoms with Crippen molar-refractivity contribution in [1.29, 1.82) is 0 Å². The lowest BCUT2D eigenvalue weighted by molar-refractivity contribution is 0.598. The first-order valence-electron chi connectivity index (χ1n) is 4.19. The highest BCUT2D eigenvalue weighted by molar-refractivity contribution is 6.33. The minimum atomic E-state index is 0.554. The summed E-state index contributed by atoms with van der Waals surface area (Å²) in [6.07, 6.45) is 5.03. The number of aromatic nitrogens is 3. The van der Waals surface area contributed by atoms with E-state index in [4.69, 9.17) is 11.6 Å². The number of halogens is 1. The molecule has 0 spiro atoms. The van der Waals surface area contributed by atoms with Crippen molar-refractivity contribution in [3.8, 4) is 0 Å². The molecule has 0 aliphatic heterocycles. The van der Waals surface area contributed by atoms with E-state index in [0.29, 0.717) is 11.6 Å². The molecule has 1 aromatic rings. The van der Waals surface area contributed by atoms with Crippen LogP contribution in [0.2, 0.25) is 0 Å². The highest BCUT2D eigenvalue weighted by Crippen LogP contribution is 2.11. The Morgan fingerprint density at radius 3 is 2.79 bits per heavy atom. The van der Waals surface area contributed by atoms with Gasteiger partial charge in [-0.25, -0.2) is 0 Å². The first kappa shape index (κ1) is 10.7. The maximum absolute atomic E-state index is 5.80. The van der Waals surface area contributed by atoms with E-state index in [9.17, 15) is 0 Å². The second kappa shape index (κ2) is 4.77. The van der Waals surface area contributed by atoms with Gasteiger partial charge in [0.15, 0.2) is 0 Å². The van der Waals surface area contributed by atoms with Gasteiger partial charge in [-0.05, 0) is 13.0 Å². The molecule has 0 aliphatic rings. The highest BCUT2D eigenvalue weighted by atomic mass is 35.5. The number of nitrogens with zero attached hydrogens (tertiary/aromatic N) is 3. The van der Waals surface area contributed by atoms with Gasteiger partial charge in [0.05, 0.1) is 12.2 Å². The topological polar surface area (TPSA) is 30.7 Å². The monoisotopic (exact) mass is 209 g/mol. The number of rotatable bonds is 4. The molecule has 0 N–H and O–H groups in total. The molecule has 1 aromatic heterocycles. The zero-order valence-electron chi connectivity index (χ0n) is 8.07. The van der Waals surface area contributed by atoms with E-state index >= 15 is 0 Å². The van der Waals surface area contributed by atoms with Crippen molar-refractivity contribution in [2.75, 3.05) is 0 Å². The summed E-state index contributed by atoms with van der Waals surface area (Å²) in [4.78, 5) is 1.57. The van der Waals surface area contributed by atoms with Crippen LogP contribution < -0.4 is 0 Å². The zero-order valence-corrected chi connectivity index (χ0v) is 8.83. The third-order valence-electron chi connectivity index (χ3n) is 1.62. The van der Waals surface area contributed by atoms with Crippen LogP contribution in [-0.4, -0.2) is 15.0 Å². The molecule has 3 nitrogen and oxygen atoms in total. The molecule has 0 saturated heterocycles. The van der Waals surface area contributed by atoms with Gasteiger partial charge in [-0.15, -0.1) is 6.58 Å². The predicted molar refractivity (Wildman–Crippen MR) is 59.0 cm³/mol. The maximum atomic E-state index is 5.80. The van der Waals surface area contributed by atoms with E-state index in [0.717, 1.165) is 11.4 Å². The Labute approximate surface area is 88.4 Å². The standard InChI is InChI=1S/C10H12ClN3/c1-4-6-14-12-8(3)10(13-14)7-9(11)5-2/h4-5,7H,1-2,6H2,3H3/b9-7+. The van der Waals surface area contributed by atoms with Crippen LogP contribution in [-0.2, 0) is 6.54 Å². The van der Waals surface area contributed by atoms with Crippen LogP contribution >= 0.6 is 11.6 Å². The maximum Gasteiger partial charge on any atom is 0.110 e. The van der Waals surface area contributed by atoms with Crippen molar-refractivity contribution in [2.24, 2.45) is 0 Å². The lowest BCUT2D eigenvalue weighted by Crippen LogP contribution is -1.99.